The molecule has 0 radical (unpaired) electrons. The van der Waals surface area contributed by atoms with Crippen molar-refractivity contribution in [2.45, 2.75) is 78.1 Å². The molecular weight excluding hydrogens is 516 g/mol. The van der Waals surface area contributed by atoms with Crippen LogP contribution in [0.5, 0.6) is 0 Å². The average Bonchev–Trinajstić information content (AvgIpc) is 2.77. The van der Waals surface area contributed by atoms with Gasteiger partial charge in [0.05, 0.1) is 54.4 Å². The van der Waals surface area contributed by atoms with Gasteiger partial charge in [0.15, 0.2) is 12.2 Å². The minimum atomic E-state index is -1.40. The predicted octanol–water partition coefficient (Wildman–Crippen LogP) is -1.94. The third-order valence-electron chi connectivity index (χ3n) is 4.34. The zero-order valence-corrected chi connectivity index (χ0v) is 25.6. The van der Waals surface area contributed by atoms with E-state index in [1.165, 1.54) is 0 Å². The van der Waals surface area contributed by atoms with E-state index in [0.717, 1.165) is 41.8 Å². The molecule has 3 N–H and O–H groups in total. The number of aliphatic hydroxyl groups is 3. The number of carbonyl (C=O) groups excluding carboxylic acids is 4. The van der Waals surface area contributed by atoms with Crippen molar-refractivity contribution in [3.05, 3.63) is 0 Å². The Morgan fingerprint density at radius 1 is 0.667 bits per heavy atom. The molecule has 0 aromatic heterocycles. The highest BCUT2D eigenvalue weighted by molar-refractivity contribution is 5.74. The van der Waals surface area contributed by atoms with E-state index in [1.54, 1.807) is 6.92 Å². The van der Waals surface area contributed by atoms with Gasteiger partial charge in [-0.15, -0.1) is 0 Å². The number of carboxylic acids is 2. The van der Waals surface area contributed by atoms with Crippen LogP contribution in [0.2, 0.25) is 0 Å². The van der Waals surface area contributed by atoms with Crippen LogP contribution in [0.1, 0.15) is 59.8 Å². The van der Waals surface area contributed by atoms with Gasteiger partial charge in [0.1, 0.15) is 26.3 Å². The summed E-state index contributed by atoms with van der Waals surface area (Å²) in [6.07, 6.45) is -0.466. The van der Waals surface area contributed by atoms with Gasteiger partial charge in [-0.05, 0) is 26.2 Å². The molecule has 39 heavy (non-hydrogen) atoms. The number of hydrogen-bond acceptors (Lipinski definition) is 11. The van der Waals surface area contributed by atoms with Gasteiger partial charge in [0.2, 0.25) is 0 Å². The largest absolute Gasteiger partial charge is 0.550 e. The number of likely N-dealkylation sites (N-methyl/N-ethyl adjacent to an activating group) is 2. The lowest BCUT2D eigenvalue weighted by Crippen LogP contribution is -2.38. The molecular formula is C26H54N2O11. The third-order valence-corrected chi connectivity index (χ3v) is 4.34. The zero-order valence-electron chi connectivity index (χ0n) is 25.6. The zero-order chi connectivity index (χ0) is 31.8. The summed E-state index contributed by atoms with van der Waals surface area (Å²) in [5.41, 5.74) is 0. The molecule has 0 spiro atoms. The molecule has 0 rings (SSSR count). The summed E-state index contributed by atoms with van der Waals surface area (Å²) in [4.78, 5) is 40.7. The maximum atomic E-state index is 11.1. The van der Waals surface area contributed by atoms with Gasteiger partial charge in [0, 0.05) is 5.97 Å². The topological polar surface area (TPSA) is 194 Å². The van der Waals surface area contributed by atoms with Crippen molar-refractivity contribution in [3.8, 4) is 0 Å². The monoisotopic (exact) mass is 570 g/mol. The van der Waals surface area contributed by atoms with E-state index in [0.29, 0.717) is 26.1 Å². The van der Waals surface area contributed by atoms with Gasteiger partial charge in [-0.3, -0.25) is 0 Å². The molecule has 0 fully saturated rings. The Morgan fingerprint density at radius 3 is 1.10 bits per heavy atom. The van der Waals surface area contributed by atoms with Crippen LogP contribution in [0.25, 0.3) is 0 Å². The minimum Gasteiger partial charge on any atom is -0.550 e. The van der Waals surface area contributed by atoms with Crippen molar-refractivity contribution < 1.29 is 63.2 Å². The van der Waals surface area contributed by atoms with Crippen molar-refractivity contribution in [1.82, 2.24) is 0 Å². The molecule has 234 valence electrons. The fraction of sp³-hybridized carbons (Fsp3) is 0.846. The molecule has 0 bridgehead atoms. The minimum absolute atomic E-state index is 0.211. The van der Waals surface area contributed by atoms with E-state index in [9.17, 15) is 29.7 Å². The second kappa shape index (κ2) is 24.7. The second-order valence-electron chi connectivity index (χ2n) is 10.7. The lowest BCUT2D eigenvalue weighted by atomic mass is 10.2. The van der Waals surface area contributed by atoms with Crippen molar-refractivity contribution >= 4 is 23.9 Å². The summed E-state index contributed by atoms with van der Waals surface area (Å²) < 4.78 is 11.3. The van der Waals surface area contributed by atoms with Gasteiger partial charge in [-0.25, -0.2) is 9.59 Å². The Bertz CT molecular complexity index is 615. The summed E-state index contributed by atoms with van der Waals surface area (Å²) in [7, 11) is 12.1. The first-order valence-corrected chi connectivity index (χ1v) is 13.0. The molecule has 3 atom stereocenters. The lowest BCUT2D eigenvalue weighted by molar-refractivity contribution is -0.870. The first-order chi connectivity index (χ1) is 17.6. The molecule has 13 heteroatoms. The number of nitrogens with zero attached hydrogens (tertiary/aromatic N) is 2. The van der Waals surface area contributed by atoms with E-state index < -0.39 is 42.2 Å². The van der Waals surface area contributed by atoms with Crippen LogP contribution in [-0.2, 0) is 28.7 Å². The number of aliphatic carboxylic acids is 2. The van der Waals surface area contributed by atoms with E-state index in [-0.39, 0.29) is 6.42 Å². The molecule has 0 aromatic carbocycles. The highest BCUT2D eigenvalue weighted by atomic mass is 16.6. The third kappa shape index (κ3) is 40.3. The first kappa shape index (κ1) is 43.7. The standard InChI is InChI=1S/2C10H22NO3.C4H8O3.C2H4O2/c2*1-5-6-9(12)10(13)14-8-7-11(2,3)4;1-2-3(5)4(6)7;1-2(3)4/h2*9,12H,5-8H2,1-4H3;3,5H,2H2,1H3,(H,6,7);1H3,(H,3,4)/q2*+1;;/p-2. The lowest BCUT2D eigenvalue weighted by Gasteiger charge is -2.23. The van der Waals surface area contributed by atoms with Crippen LogP contribution in [0.3, 0.4) is 0 Å². The molecule has 0 amide bonds. The SMILES string of the molecule is CC(=O)[O-].CCC(O)C(=O)[O-].CCCC(O)C(=O)OCC[N+](C)(C)C.CCCC(O)C(=O)OCC[N+](C)(C)C. The molecule has 13 nitrogen and oxygen atoms in total. The van der Waals surface area contributed by atoms with Crippen molar-refractivity contribution in [1.29, 1.82) is 0 Å². The maximum absolute atomic E-state index is 11.1. The molecule has 0 aromatic rings. The van der Waals surface area contributed by atoms with Crippen LogP contribution >= 0.6 is 0 Å². The second-order valence-corrected chi connectivity index (χ2v) is 10.7. The highest BCUT2D eigenvalue weighted by Crippen LogP contribution is 2.00. The number of esters is 2. The Balaban J connectivity index is -0.000000230. The van der Waals surface area contributed by atoms with Gasteiger partial charge in [0.25, 0.3) is 0 Å². The summed E-state index contributed by atoms with van der Waals surface area (Å²) in [6, 6.07) is 0. The normalized spacial score (nSPS) is 12.9. The summed E-state index contributed by atoms with van der Waals surface area (Å²) >= 11 is 0. The first-order valence-electron chi connectivity index (χ1n) is 13.0. The van der Waals surface area contributed by atoms with Gasteiger partial charge in [-0.1, -0.05) is 33.6 Å². The molecule has 0 heterocycles. The molecule has 3 unspecified atom stereocenters. The van der Waals surface area contributed by atoms with E-state index in [1.807, 2.05) is 56.1 Å². The fourth-order valence-electron chi connectivity index (χ4n) is 1.98. The van der Waals surface area contributed by atoms with Crippen LogP contribution < -0.4 is 10.2 Å². The van der Waals surface area contributed by atoms with E-state index >= 15 is 0 Å². The van der Waals surface area contributed by atoms with Crippen LogP contribution in [0.15, 0.2) is 0 Å². The number of carboxylic acid groups (broad SMARTS) is 2. The van der Waals surface area contributed by atoms with Crippen LogP contribution in [-0.4, -0.2) is 135 Å². The number of hydrogen-bond donors (Lipinski definition) is 3. The summed E-state index contributed by atoms with van der Waals surface area (Å²) in [5, 5.41) is 45.3. The van der Waals surface area contributed by atoms with Gasteiger partial charge >= 0.3 is 11.9 Å². The number of quaternary nitrogens is 2. The Morgan fingerprint density at radius 2 is 0.949 bits per heavy atom. The number of rotatable bonds is 14. The Labute approximate surface area is 234 Å². The number of ether oxygens (including phenoxy) is 2. The fourth-order valence-corrected chi connectivity index (χ4v) is 1.98. The van der Waals surface area contributed by atoms with Crippen molar-refractivity contribution in [2.75, 3.05) is 68.6 Å². The smallest absolute Gasteiger partial charge is 0.335 e. The van der Waals surface area contributed by atoms with Crippen molar-refractivity contribution in [3.63, 3.8) is 0 Å². The molecule has 0 aliphatic rings. The number of carbonyl (C=O) groups is 4. The summed E-state index contributed by atoms with van der Waals surface area (Å²) in [6.45, 7) is 8.62. The molecule has 0 aliphatic heterocycles. The van der Waals surface area contributed by atoms with E-state index in [2.05, 4.69) is 0 Å². The van der Waals surface area contributed by atoms with Gasteiger partial charge < -0.3 is 53.6 Å². The summed E-state index contributed by atoms with van der Waals surface area (Å²) in [5.74, 6) is -3.48. The predicted molar refractivity (Wildman–Crippen MR) is 142 cm³/mol. The van der Waals surface area contributed by atoms with E-state index in [4.69, 9.17) is 24.5 Å². The molecule has 0 aliphatic carbocycles. The molecule has 0 saturated carbocycles. The van der Waals surface area contributed by atoms with Gasteiger partial charge in [-0.2, -0.15) is 0 Å². The quantitative estimate of drug-likeness (QED) is 0.155. The number of aliphatic hydroxyl groups excluding tert-OH is 3. The van der Waals surface area contributed by atoms with Crippen LogP contribution in [0.4, 0.5) is 0 Å². The Kier molecular flexibility index (Phi) is 27.7. The Hall–Kier alpha value is -2.32. The van der Waals surface area contributed by atoms with Crippen LogP contribution in [0, 0.1) is 0 Å². The highest BCUT2D eigenvalue weighted by Gasteiger charge is 2.17. The maximum Gasteiger partial charge on any atom is 0.335 e. The molecule has 0 saturated heterocycles. The van der Waals surface area contributed by atoms with Crippen molar-refractivity contribution in [2.24, 2.45) is 0 Å². The average molecular weight is 571 g/mol.